The van der Waals surface area contributed by atoms with Crippen molar-refractivity contribution in [1.82, 2.24) is 15.8 Å². The summed E-state index contributed by atoms with van der Waals surface area (Å²) in [5.74, 6) is -0.130. The van der Waals surface area contributed by atoms with Gasteiger partial charge < -0.3 is 15.1 Å². The van der Waals surface area contributed by atoms with Crippen LogP contribution in [0.5, 0.6) is 0 Å². The Morgan fingerprint density at radius 1 is 1.24 bits per heavy atom. The van der Waals surface area contributed by atoms with Crippen molar-refractivity contribution in [3.05, 3.63) is 29.8 Å². The van der Waals surface area contributed by atoms with Crippen molar-refractivity contribution < 1.29 is 19.3 Å². The number of quaternary nitrogens is 1. The SMILES string of the molecule is CC1CCC2(CC1)NC(=O)N(NC(=O)C[NH+](C)Cc1ccc(N(C)C)cc1)C2=O. The van der Waals surface area contributed by atoms with Crippen LogP contribution in [0.3, 0.4) is 0 Å². The Morgan fingerprint density at radius 2 is 1.86 bits per heavy atom. The predicted molar refractivity (Wildman–Crippen MR) is 110 cm³/mol. The van der Waals surface area contributed by atoms with Crippen molar-refractivity contribution in [3.8, 4) is 0 Å². The summed E-state index contributed by atoms with van der Waals surface area (Å²) in [6, 6.07) is 7.64. The van der Waals surface area contributed by atoms with Gasteiger partial charge in [0.25, 0.3) is 11.8 Å². The highest BCUT2D eigenvalue weighted by Gasteiger charge is 2.52. The third-order valence-corrected chi connectivity index (χ3v) is 5.95. The molecule has 158 valence electrons. The summed E-state index contributed by atoms with van der Waals surface area (Å²) < 4.78 is 0. The van der Waals surface area contributed by atoms with Crippen molar-refractivity contribution in [2.75, 3.05) is 32.6 Å². The quantitative estimate of drug-likeness (QED) is 0.598. The first-order valence-corrected chi connectivity index (χ1v) is 10.2. The minimum Gasteiger partial charge on any atom is -0.378 e. The van der Waals surface area contributed by atoms with Gasteiger partial charge in [0.15, 0.2) is 6.54 Å². The molecule has 2 fully saturated rings. The lowest BCUT2D eigenvalue weighted by Gasteiger charge is -2.33. The molecule has 1 atom stereocenters. The standard InChI is InChI=1S/C21H31N5O3/c1-15-9-11-21(12-10-15)19(28)26(20(29)22-21)23-18(27)14-25(4)13-16-5-7-17(8-6-16)24(2)3/h5-8,15H,9-14H2,1-4H3,(H,22,29)(H,23,27)/p+1. The van der Waals surface area contributed by atoms with Crippen LogP contribution >= 0.6 is 0 Å². The summed E-state index contributed by atoms with van der Waals surface area (Å²) in [4.78, 5) is 40.6. The van der Waals surface area contributed by atoms with E-state index in [4.69, 9.17) is 0 Å². The Labute approximate surface area is 172 Å². The van der Waals surface area contributed by atoms with Crippen molar-refractivity contribution in [2.45, 2.75) is 44.7 Å². The lowest BCUT2D eigenvalue weighted by atomic mass is 9.77. The summed E-state index contributed by atoms with van der Waals surface area (Å²) in [6.45, 7) is 2.99. The van der Waals surface area contributed by atoms with Crippen LogP contribution in [0.4, 0.5) is 10.5 Å². The number of carbonyl (C=O) groups excluding carboxylic acids is 3. The van der Waals surface area contributed by atoms with E-state index in [1.165, 1.54) is 0 Å². The maximum absolute atomic E-state index is 12.8. The first-order chi connectivity index (χ1) is 13.7. The van der Waals surface area contributed by atoms with Gasteiger partial charge in [0.1, 0.15) is 12.1 Å². The molecule has 1 unspecified atom stereocenters. The Kier molecular flexibility index (Phi) is 6.12. The van der Waals surface area contributed by atoms with E-state index in [0.717, 1.165) is 34.0 Å². The van der Waals surface area contributed by atoms with E-state index in [1.54, 1.807) is 0 Å². The summed E-state index contributed by atoms with van der Waals surface area (Å²) in [5, 5.41) is 3.69. The first kappa shape index (κ1) is 21.1. The van der Waals surface area contributed by atoms with E-state index < -0.39 is 11.6 Å². The van der Waals surface area contributed by atoms with Crippen LogP contribution in [-0.2, 0) is 16.1 Å². The highest BCUT2D eigenvalue weighted by atomic mass is 16.2. The Hall–Kier alpha value is -2.61. The number of benzene rings is 1. The second kappa shape index (κ2) is 8.41. The zero-order valence-electron chi connectivity index (χ0n) is 17.7. The fourth-order valence-corrected chi connectivity index (χ4v) is 4.08. The minimum absolute atomic E-state index is 0.163. The summed E-state index contributed by atoms with van der Waals surface area (Å²) in [7, 11) is 5.89. The number of anilines is 1. The summed E-state index contributed by atoms with van der Waals surface area (Å²) >= 11 is 0. The predicted octanol–water partition coefficient (Wildman–Crippen LogP) is 0.299. The summed E-state index contributed by atoms with van der Waals surface area (Å²) in [5.41, 5.74) is 3.90. The maximum Gasteiger partial charge on any atom is 0.344 e. The molecule has 2 aliphatic rings. The molecule has 8 nitrogen and oxygen atoms in total. The Bertz CT molecular complexity index is 769. The molecule has 3 rings (SSSR count). The Morgan fingerprint density at radius 3 is 2.45 bits per heavy atom. The number of hydrogen-bond acceptors (Lipinski definition) is 4. The van der Waals surface area contributed by atoms with Crippen LogP contribution in [0.2, 0.25) is 0 Å². The zero-order chi connectivity index (χ0) is 21.2. The molecule has 1 saturated heterocycles. The van der Waals surface area contributed by atoms with E-state index in [9.17, 15) is 14.4 Å². The van der Waals surface area contributed by atoms with Crippen molar-refractivity contribution in [2.24, 2.45) is 5.92 Å². The monoisotopic (exact) mass is 402 g/mol. The van der Waals surface area contributed by atoms with E-state index in [2.05, 4.69) is 17.7 Å². The van der Waals surface area contributed by atoms with Crippen molar-refractivity contribution in [3.63, 3.8) is 0 Å². The van der Waals surface area contributed by atoms with Gasteiger partial charge in [-0.1, -0.05) is 19.1 Å². The molecular weight excluding hydrogens is 370 g/mol. The molecule has 0 radical (unpaired) electrons. The molecule has 1 aromatic rings. The molecule has 1 heterocycles. The molecule has 1 saturated carbocycles. The Balaban J connectivity index is 1.53. The molecule has 8 heteroatoms. The van der Waals surface area contributed by atoms with E-state index in [1.807, 2.05) is 50.3 Å². The average Bonchev–Trinajstić information content (AvgIpc) is 2.89. The van der Waals surface area contributed by atoms with E-state index in [0.29, 0.717) is 25.3 Å². The fraction of sp³-hybridized carbons (Fsp3) is 0.571. The van der Waals surface area contributed by atoms with Crippen LogP contribution in [-0.4, -0.2) is 56.1 Å². The van der Waals surface area contributed by atoms with Gasteiger partial charge in [-0.05, 0) is 43.7 Å². The van der Waals surface area contributed by atoms with Crippen LogP contribution in [0.1, 0.15) is 38.2 Å². The van der Waals surface area contributed by atoms with Crippen LogP contribution in [0, 0.1) is 5.92 Å². The lowest BCUT2D eigenvalue weighted by Crippen LogP contribution is -3.09. The van der Waals surface area contributed by atoms with Crippen LogP contribution in [0.15, 0.2) is 24.3 Å². The number of hydrazine groups is 1. The number of amides is 4. The molecule has 0 bridgehead atoms. The molecular formula is C21H32N5O3+. The average molecular weight is 403 g/mol. The van der Waals surface area contributed by atoms with Crippen molar-refractivity contribution >= 4 is 23.5 Å². The van der Waals surface area contributed by atoms with Crippen LogP contribution < -0.4 is 20.5 Å². The van der Waals surface area contributed by atoms with Gasteiger partial charge in [0.2, 0.25) is 0 Å². The molecule has 1 aliphatic carbocycles. The van der Waals surface area contributed by atoms with Gasteiger partial charge in [-0.25, -0.2) is 4.79 Å². The smallest absolute Gasteiger partial charge is 0.344 e. The molecule has 4 amide bonds. The molecule has 3 N–H and O–H groups in total. The number of nitrogens with one attached hydrogen (secondary N) is 3. The molecule has 1 spiro atoms. The third kappa shape index (κ3) is 4.70. The van der Waals surface area contributed by atoms with Crippen LogP contribution in [0.25, 0.3) is 0 Å². The topological polar surface area (TPSA) is 86.2 Å². The van der Waals surface area contributed by atoms with Gasteiger partial charge in [-0.2, -0.15) is 5.01 Å². The second-order valence-corrected chi connectivity index (χ2v) is 8.74. The third-order valence-electron chi connectivity index (χ3n) is 5.95. The number of rotatable bonds is 6. The second-order valence-electron chi connectivity index (χ2n) is 8.74. The number of likely N-dealkylation sites (N-methyl/N-ethyl adjacent to an activating group) is 1. The largest absolute Gasteiger partial charge is 0.378 e. The molecule has 1 aromatic carbocycles. The number of carbonyl (C=O) groups is 3. The highest BCUT2D eigenvalue weighted by Crippen LogP contribution is 2.35. The van der Waals surface area contributed by atoms with E-state index >= 15 is 0 Å². The fourth-order valence-electron chi connectivity index (χ4n) is 4.08. The number of nitrogens with zero attached hydrogens (tertiary/aromatic N) is 2. The van der Waals surface area contributed by atoms with E-state index in [-0.39, 0.29) is 18.4 Å². The number of imide groups is 1. The van der Waals surface area contributed by atoms with Gasteiger partial charge >= 0.3 is 6.03 Å². The van der Waals surface area contributed by atoms with Gasteiger partial charge in [0, 0.05) is 25.3 Å². The first-order valence-electron chi connectivity index (χ1n) is 10.2. The van der Waals surface area contributed by atoms with Gasteiger partial charge in [0.05, 0.1) is 7.05 Å². The minimum atomic E-state index is -0.843. The van der Waals surface area contributed by atoms with Gasteiger partial charge in [-0.3, -0.25) is 15.0 Å². The summed E-state index contributed by atoms with van der Waals surface area (Å²) in [6.07, 6.45) is 3.04. The van der Waals surface area contributed by atoms with Crippen molar-refractivity contribution in [1.29, 1.82) is 0 Å². The van der Waals surface area contributed by atoms with Gasteiger partial charge in [-0.15, -0.1) is 0 Å². The zero-order valence-corrected chi connectivity index (χ0v) is 17.7. The highest BCUT2D eigenvalue weighted by molar-refractivity contribution is 6.08. The normalized spacial score (nSPS) is 25.1. The molecule has 1 aliphatic heterocycles. The number of hydrogen-bond donors (Lipinski definition) is 3. The maximum atomic E-state index is 12.8. The molecule has 0 aromatic heterocycles. The number of urea groups is 1. The molecule has 29 heavy (non-hydrogen) atoms. The lowest BCUT2D eigenvalue weighted by molar-refractivity contribution is -0.885.